The summed E-state index contributed by atoms with van der Waals surface area (Å²) in [4.78, 5) is 1.34. The summed E-state index contributed by atoms with van der Waals surface area (Å²) in [7, 11) is 0. The summed E-state index contributed by atoms with van der Waals surface area (Å²) in [5.74, 6) is 3.53. The van der Waals surface area contributed by atoms with Crippen molar-refractivity contribution in [2.75, 3.05) is 11.6 Å². The van der Waals surface area contributed by atoms with Crippen LogP contribution in [0.5, 0.6) is 0 Å². The Bertz CT molecular complexity index is 248. The van der Waals surface area contributed by atoms with E-state index in [1.807, 2.05) is 17.8 Å². The van der Waals surface area contributed by atoms with Gasteiger partial charge in [0.1, 0.15) is 0 Å². The summed E-state index contributed by atoms with van der Waals surface area (Å²) < 4.78 is 0.876. The quantitative estimate of drug-likeness (QED) is 0.697. The van der Waals surface area contributed by atoms with Crippen molar-refractivity contribution in [3.05, 3.63) is 21.3 Å². The zero-order valence-corrected chi connectivity index (χ0v) is 10.6. The number of thioether (sulfide) groups is 1. The Balaban J connectivity index is 2.20. The lowest BCUT2D eigenvalue weighted by molar-refractivity contribution is 0.759. The van der Waals surface area contributed by atoms with Gasteiger partial charge in [-0.2, -0.15) is 11.8 Å². The monoisotopic (exact) mass is 254 g/mol. The second-order valence-electron chi connectivity index (χ2n) is 2.98. The van der Waals surface area contributed by atoms with Crippen LogP contribution in [-0.2, 0) is 5.75 Å². The van der Waals surface area contributed by atoms with Gasteiger partial charge in [-0.25, -0.2) is 0 Å². The fourth-order valence-corrected chi connectivity index (χ4v) is 3.38. The highest BCUT2D eigenvalue weighted by molar-refractivity contribution is 7.98. The van der Waals surface area contributed by atoms with Gasteiger partial charge in [0, 0.05) is 16.5 Å². The molecule has 0 aromatic carbocycles. The normalized spacial score (nSPS) is 13.2. The molecule has 1 atom stereocenters. The van der Waals surface area contributed by atoms with Crippen LogP contribution in [0.15, 0.2) is 12.1 Å². The lowest BCUT2D eigenvalue weighted by atomic mass is 10.3. The van der Waals surface area contributed by atoms with Gasteiger partial charge in [0.2, 0.25) is 0 Å². The Morgan fingerprint density at radius 1 is 1.54 bits per heavy atom. The first-order valence-electron chi connectivity index (χ1n) is 4.10. The van der Waals surface area contributed by atoms with Crippen molar-refractivity contribution in [3.63, 3.8) is 0 Å². The molecule has 74 valence electrons. The van der Waals surface area contributed by atoms with Crippen LogP contribution in [0, 0.1) is 5.92 Å². The molecular formula is C9H12Cl2S2. The highest BCUT2D eigenvalue weighted by Gasteiger charge is 2.02. The predicted molar refractivity (Wildman–Crippen MR) is 65.4 cm³/mol. The average molecular weight is 255 g/mol. The Hall–Kier alpha value is 0.630. The third kappa shape index (κ3) is 4.59. The minimum absolute atomic E-state index is 0.599. The van der Waals surface area contributed by atoms with Crippen molar-refractivity contribution in [1.82, 2.24) is 0 Å². The first-order chi connectivity index (χ1) is 6.22. The van der Waals surface area contributed by atoms with E-state index in [1.54, 1.807) is 11.3 Å². The van der Waals surface area contributed by atoms with Gasteiger partial charge in [0.05, 0.1) is 4.34 Å². The molecule has 0 bridgehead atoms. The van der Waals surface area contributed by atoms with Crippen molar-refractivity contribution in [2.24, 2.45) is 5.92 Å². The van der Waals surface area contributed by atoms with Crippen LogP contribution in [0.4, 0.5) is 0 Å². The summed E-state index contributed by atoms with van der Waals surface area (Å²) >= 11 is 15.1. The summed E-state index contributed by atoms with van der Waals surface area (Å²) in [6, 6.07) is 4.04. The van der Waals surface area contributed by atoms with Crippen molar-refractivity contribution in [1.29, 1.82) is 0 Å². The van der Waals surface area contributed by atoms with E-state index in [4.69, 9.17) is 23.2 Å². The standard InChI is InChI=1S/C9H12Cl2S2/c1-7(4-10)5-12-6-8-2-3-9(11)13-8/h2-3,7H,4-6H2,1H3. The second kappa shape index (κ2) is 6.18. The number of alkyl halides is 1. The summed E-state index contributed by atoms with van der Waals surface area (Å²) in [5, 5.41) is 0. The van der Waals surface area contributed by atoms with E-state index >= 15 is 0 Å². The van der Waals surface area contributed by atoms with E-state index < -0.39 is 0 Å². The summed E-state index contributed by atoms with van der Waals surface area (Å²) in [5.41, 5.74) is 0. The molecule has 0 aliphatic rings. The lowest BCUT2D eigenvalue weighted by Gasteiger charge is -2.04. The molecule has 0 radical (unpaired) electrons. The van der Waals surface area contributed by atoms with E-state index in [2.05, 4.69) is 13.0 Å². The maximum atomic E-state index is 5.82. The number of halogens is 2. The number of hydrogen-bond acceptors (Lipinski definition) is 2. The minimum atomic E-state index is 0.599. The molecule has 0 aliphatic carbocycles. The fraction of sp³-hybridized carbons (Fsp3) is 0.556. The maximum Gasteiger partial charge on any atom is 0.0931 e. The lowest BCUT2D eigenvalue weighted by Crippen LogP contribution is -1.98. The van der Waals surface area contributed by atoms with Crippen LogP contribution >= 0.6 is 46.3 Å². The van der Waals surface area contributed by atoms with Gasteiger partial charge in [0.15, 0.2) is 0 Å². The molecule has 13 heavy (non-hydrogen) atoms. The van der Waals surface area contributed by atoms with Crippen LogP contribution in [0.1, 0.15) is 11.8 Å². The SMILES string of the molecule is CC(CCl)CSCc1ccc(Cl)s1. The highest BCUT2D eigenvalue weighted by atomic mass is 35.5. The number of rotatable bonds is 5. The molecule has 4 heteroatoms. The van der Waals surface area contributed by atoms with Crippen LogP contribution < -0.4 is 0 Å². The second-order valence-corrected chi connectivity index (χ2v) is 6.12. The van der Waals surface area contributed by atoms with Gasteiger partial charge in [-0.1, -0.05) is 18.5 Å². The van der Waals surface area contributed by atoms with E-state index in [0.29, 0.717) is 5.92 Å². The fourth-order valence-electron chi connectivity index (χ4n) is 0.835. The van der Waals surface area contributed by atoms with Crippen molar-refractivity contribution < 1.29 is 0 Å². The largest absolute Gasteiger partial charge is 0.156 e. The molecule has 1 heterocycles. The maximum absolute atomic E-state index is 5.82. The van der Waals surface area contributed by atoms with Gasteiger partial charge in [-0.15, -0.1) is 22.9 Å². The van der Waals surface area contributed by atoms with E-state index in [-0.39, 0.29) is 0 Å². The molecule has 0 spiro atoms. The van der Waals surface area contributed by atoms with Crippen LogP contribution in [0.25, 0.3) is 0 Å². The van der Waals surface area contributed by atoms with Gasteiger partial charge in [-0.3, -0.25) is 0 Å². The highest BCUT2D eigenvalue weighted by Crippen LogP contribution is 2.25. The molecule has 0 N–H and O–H groups in total. The van der Waals surface area contributed by atoms with Gasteiger partial charge >= 0.3 is 0 Å². The molecule has 0 fully saturated rings. The number of thiophene rings is 1. The zero-order valence-electron chi connectivity index (χ0n) is 7.43. The Morgan fingerprint density at radius 2 is 2.31 bits per heavy atom. The minimum Gasteiger partial charge on any atom is -0.156 e. The molecule has 0 aliphatic heterocycles. The zero-order chi connectivity index (χ0) is 9.68. The molecule has 0 saturated heterocycles. The Labute approximate surface area is 97.6 Å². The molecule has 0 saturated carbocycles. The topological polar surface area (TPSA) is 0 Å². The van der Waals surface area contributed by atoms with Crippen molar-refractivity contribution in [2.45, 2.75) is 12.7 Å². The molecule has 1 aromatic rings. The van der Waals surface area contributed by atoms with Gasteiger partial charge in [0.25, 0.3) is 0 Å². The third-order valence-corrected chi connectivity index (χ3v) is 4.80. The van der Waals surface area contributed by atoms with Crippen molar-refractivity contribution in [3.8, 4) is 0 Å². The van der Waals surface area contributed by atoms with Crippen LogP contribution in [0.3, 0.4) is 0 Å². The Kier molecular flexibility index (Phi) is 5.56. The first-order valence-corrected chi connectivity index (χ1v) is 6.98. The molecule has 0 amide bonds. The summed E-state index contributed by atoms with van der Waals surface area (Å²) in [6.45, 7) is 2.17. The van der Waals surface area contributed by atoms with Crippen LogP contribution in [-0.4, -0.2) is 11.6 Å². The van der Waals surface area contributed by atoms with E-state index in [9.17, 15) is 0 Å². The van der Waals surface area contributed by atoms with Gasteiger partial charge in [-0.05, 0) is 23.8 Å². The molecular weight excluding hydrogens is 243 g/mol. The average Bonchev–Trinajstić information content (AvgIpc) is 2.51. The summed E-state index contributed by atoms with van der Waals surface area (Å²) in [6.07, 6.45) is 0. The van der Waals surface area contributed by atoms with E-state index in [1.165, 1.54) is 4.88 Å². The third-order valence-electron chi connectivity index (χ3n) is 1.54. The Morgan fingerprint density at radius 3 is 2.85 bits per heavy atom. The first kappa shape index (κ1) is 11.7. The molecule has 1 unspecified atom stereocenters. The number of hydrogen-bond donors (Lipinski definition) is 0. The molecule has 0 nitrogen and oxygen atoms in total. The van der Waals surface area contributed by atoms with Crippen molar-refractivity contribution >= 4 is 46.3 Å². The van der Waals surface area contributed by atoms with E-state index in [0.717, 1.165) is 21.7 Å². The smallest absolute Gasteiger partial charge is 0.0931 e. The van der Waals surface area contributed by atoms with Gasteiger partial charge < -0.3 is 0 Å². The van der Waals surface area contributed by atoms with Crippen LogP contribution in [0.2, 0.25) is 4.34 Å². The molecule has 1 rings (SSSR count). The predicted octanol–water partition coefficient (Wildman–Crippen LogP) is 4.51. The molecule has 1 aromatic heterocycles.